The molecule has 14 rings (SSSR count). The number of hydrogen-bond donors (Lipinski definition) is 0. The third kappa shape index (κ3) is 5.80. The monoisotopic (exact) mass is 893 g/mol. The Labute approximate surface area is 408 Å². The fourth-order valence-electron chi connectivity index (χ4n) is 12.4. The Bertz CT molecular complexity index is 3990. The quantitative estimate of drug-likeness (QED) is 0.158. The third-order valence-electron chi connectivity index (χ3n) is 15.5. The Morgan fingerprint density at radius 1 is 0.357 bits per heavy atom. The minimum Gasteiger partial charge on any atom is -0.455 e. The number of hydrogen-bond acceptors (Lipinski definition) is 2. The molecule has 12 aromatic rings. The van der Waals surface area contributed by atoms with Crippen LogP contribution >= 0.6 is 0 Å². The van der Waals surface area contributed by atoms with Gasteiger partial charge in [-0.3, -0.25) is 0 Å². The molecule has 0 amide bonds. The largest absolute Gasteiger partial charge is 0.455 e. The highest BCUT2D eigenvalue weighted by molar-refractivity contribution is 6.20. The zero-order chi connectivity index (χ0) is 46.6. The van der Waals surface area contributed by atoms with E-state index < -0.39 is 5.41 Å². The molecule has 330 valence electrons. The summed E-state index contributed by atoms with van der Waals surface area (Å²) in [4.78, 5) is 2.53. The van der Waals surface area contributed by atoms with Crippen LogP contribution in [0.15, 0.2) is 253 Å². The molecule has 2 nitrogen and oxygen atoms in total. The van der Waals surface area contributed by atoms with Gasteiger partial charge in [-0.2, -0.15) is 0 Å². The Morgan fingerprint density at radius 3 is 1.56 bits per heavy atom. The van der Waals surface area contributed by atoms with Crippen molar-refractivity contribution < 1.29 is 4.42 Å². The second kappa shape index (κ2) is 15.4. The number of rotatable bonds is 7. The van der Waals surface area contributed by atoms with Gasteiger partial charge in [-0.15, -0.1) is 0 Å². The van der Waals surface area contributed by atoms with Crippen molar-refractivity contribution in [2.24, 2.45) is 0 Å². The minimum absolute atomic E-state index is 0.212. The first-order chi connectivity index (χ1) is 34.5. The van der Waals surface area contributed by atoms with Crippen LogP contribution in [0.4, 0.5) is 17.1 Å². The maximum Gasteiger partial charge on any atom is 0.143 e. The van der Waals surface area contributed by atoms with Gasteiger partial charge in [-0.1, -0.05) is 220 Å². The van der Waals surface area contributed by atoms with E-state index >= 15 is 0 Å². The Morgan fingerprint density at radius 2 is 0.871 bits per heavy atom. The highest BCUT2D eigenvalue weighted by Crippen LogP contribution is 2.58. The molecule has 0 bridgehead atoms. The lowest BCUT2D eigenvalue weighted by atomic mass is 9.67. The second-order valence-electron chi connectivity index (χ2n) is 19.5. The van der Waals surface area contributed by atoms with Gasteiger partial charge >= 0.3 is 0 Å². The lowest BCUT2D eigenvalue weighted by Gasteiger charge is -2.35. The van der Waals surface area contributed by atoms with Crippen LogP contribution in [-0.4, -0.2) is 0 Å². The van der Waals surface area contributed by atoms with E-state index in [-0.39, 0.29) is 5.41 Å². The van der Waals surface area contributed by atoms with Crippen molar-refractivity contribution >= 4 is 49.8 Å². The van der Waals surface area contributed by atoms with Gasteiger partial charge in [0.2, 0.25) is 0 Å². The predicted octanol–water partition coefficient (Wildman–Crippen LogP) is 18.2. The molecule has 2 aliphatic rings. The summed E-state index contributed by atoms with van der Waals surface area (Å²) in [6.07, 6.45) is 0. The van der Waals surface area contributed by atoms with E-state index in [1.54, 1.807) is 0 Å². The SMILES string of the molecule is CC1(C)c2ccccc2-c2ccc(N(c3ccc4c(c3)C(c3ccccc3)(c3ccccc3)c3ccccc3-4)c3cc(-c4ccccc4-c4ccccc4)cc4oc5c6ccccc6ccc5c34)cc21. The number of furan rings is 1. The summed E-state index contributed by atoms with van der Waals surface area (Å²) in [5, 5.41) is 4.41. The van der Waals surface area contributed by atoms with Gasteiger partial charge < -0.3 is 9.32 Å². The van der Waals surface area contributed by atoms with Crippen molar-refractivity contribution in [1.82, 2.24) is 0 Å². The van der Waals surface area contributed by atoms with E-state index in [0.717, 1.165) is 60.9 Å². The van der Waals surface area contributed by atoms with Gasteiger partial charge in [0.15, 0.2) is 0 Å². The van der Waals surface area contributed by atoms with Crippen LogP contribution in [0.5, 0.6) is 0 Å². The summed E-state index contributed by atoms with van der Waals surface area (Å²) < 4.78 is 7.22. The molecular formula is C68H47NO. The highest BCUT2D eigenvalue weighted by atomic mass is 16.3. The number of nitrogens with zero attached hydrogens (tertiary/aromatic N) is 1. The molecule has 0 N–H and O–H groups in total. The first-order valence-electron chi connectivity index (χ1n) is 24.4. The van der Waals surface area contributed by atoms with Crippen molar-refractivity contribution in [2.45, 2.75) is 24.7 Å². The Hall–Kier alpha value is -8.72. The molecule has 1 heterocycles. The molecule has 0 atom stereocenters. The molecule has 70 heavy (non-hydrogen) atoms. The Balaban J connectivity index is 1.11. The normalized spacial score (nSPS) is 13.8. The summed E-state index contributed by atoms with van der Waals surface area (Å²) in [6.45, 7) is 4.75. The van der Waals surface area contributed by atoms with E-state index in [4.69, 9.17) is 4.42 Å². The van der Waals surface area contributed by atoms with Crippen LogP contribution < -0.4 is 4.90 Å². The van der Waals surface area contributed by atoms with Gasteiger partial charge in [0.25, 0.3) is 0 Å². The first-order valence-corrected chi connectivity index (χ1v) is 24.4. The molecule has 0 radical (unpaired) electrons. The second-order valence-corrected chi connectivity index (χ2v) is 19.5. The van der Waals surface area contributed by atoms with Crippen LogP contribution in [0.3, 0.4) is 0 Å². The smallest absolute Gasteiger partial charge is 0.143 e. The topological polar surface area (TPSA) is 16.4 Å². The molecule has 0 aliphatic heterocycles. The molecule has 2 aliphatic carbocycles. The van der Waals surface area contributed by atoms with Crippen LogP contribution in [-0.2, 0) is 10.8 Å². The van der Waals surface area contributed by atoms with Crippen molar-refractivity contribution in [1.29, 1.82) is 0 Å². The Kier molecular flexibility index (Phi) is 8.88. The van der Waals surface area contributed by atoms with Crippen molar-refractivity contribution in [3.8, 4) is 44.5 Å². The number of benzene rings is 11. The van der Waals surface area contributed by atoms with E-state index in [0.29, 0.717) is 0 Å². The van der Waals surface area contributed by atoms with E-state index in [1.807, 2.05) is 0 Å². The van der Waals surface area contributed by atoms with Crippen LogP contribution in [0, 0.1) is 0 Å². The minimum atomic E-state index is -0.579. The lowest BCUT2D eigenvalue weighted by molar-refractivity contribution is 0.660. The highest BCUT2D eigenvalue weighted by Gasteiger charge is 2.46. The molecular weight excluding hydrogens is 847 g/mol. The summed E-state index contributed by atoms with van der Waals surface area (Å²) in [5.74, 6) is 0. The molecule has 0 saturated carbocycles. The fourth-order valence-corrected chi connectivity index (χ4v) is 12.4. The molecule has 0 fully saturated rings. The van der Waals surface area contributed by atoms with Crippen molar-refractivity contribution in [3.63, 3.8) is 0 Å². The van der Waals surface area contributed by atoms with E-state index in [2.05, 4.69) is 267 Å². The number of fused-ring (bicyclic) bond motifs is 11. The molecule has 0 spiro atoms. The van der Waals surface area contributed by atoms with Crippen molar-refractivity contribution in [2.75, 3.05) is 4.90 Å². The fraction of sp³-hybridized carbons (Fsp3) is 0.0588. The molecule has 11 aromatic carbocycles. The summed E-state index contributed by atoms with van der Waals surface area (Å²) in [6, 6.07) is 91.9. The molecule has 0 unspecified atom stereocenters. The van der Waals surface area contributed by atoms with Crippen LogP contribution in [0.25, 0.3) is 77.2 Å². The summed E-state index contributed by atoms with van der Waals surface area (Å²) in [7, 11) is 0. The first kappa shape index (κ1) is 40.4. The average Bonchev–Trinajstić information content (AvgIpc) is 4.03. The maximum atomic E-state index is 7.22. The van der Waals surface area contributed by atoms with Gasteiger partial charge in [-0.25, -0.2) is 0 Å². The zero-order valence-electron chi connectivity index (χ0n) is 39.0. The maximum absolute atomic E-state index is 7.22. The predicted molar refractivity (Wildman–Crippen MR) is 292 cm³/mol. The van der Waals surface area contributed by atoms with Gasteiger partial charge in [0, 0.05) is 27.6 Å². The molecule has 2 heteroatoms. The summed E-state index contributed by atoms with van der Waals surface area (Å²) >= 11 is 0. The van der Waals surface area contributed by atoms with Crippen LogP contribution in [0.1, 0.15) is 47.2 Å². The third-order valence-corrected chi connectivity index (χ3v) is 15.5. The van der Waals surface area contributed by atoms with Crippen LogP contribution in [0.2, 0.25) is 0 Å². The van der Waals surface area contributed by atoms with E-state index in [1.165, 1.54) is 66.8 Å². The number of anilines is 3. The average molecular weight is 894 g/mol. The van der Waals surface area contributed by atoms with Gasteiger partial charge in [-0.05, 0) is 126 Å². The summed E-state index contributed by atoms with van der Waals surface area (Å²) in [5.41, 5.74) is 21.5. The van der Waals surface area contributed by atoms with Gasteiger partial charge in [0.05, 0.1) is 16.5 Å². The van der Waals surface area contributed by atoms with E-state index in [9.17, 15) is 0 Å². The molecule has 1 aromatic heterocycles. The van der Waals surface area contributed by atoms with Gasteiger partial charge in [0.1, 0.15) is 11.2 Å². The lowest BCUT2D eigenvalue weighted by Crippen LogP contribution is -2.28. The zero-order valence-corrected chi connectivity index (χ0v) is 39.0. The standard InChI is InChI=1S/C68H47NO/c1-67(2)59-32-18-16-30-54(59)56-38-35-49(42-61(56)67)69(50-36-39-57-55-31-17-19-33-60(55)68(62(57)43-50,47-23-8-4-9-24-47)48-25-10-5-11-26-48)63-40-46(52-28-15-14-27-51(52)44-20-6-3-7-21-44)41-64-65(63)58-37-34-45-22-12-13-29-53(45)66(58)70-64/h3-43H,1-2H3. The molecule has 0 saturated heterocycles. The van der Waals surface area contributed by atoms with Crippen molar-refractivity contribution in [3.05, 3.63) is 282 Å².